The lowest BCUT2D eigenvalue weighted by atomic mass is 10.0. The van der Waals surface area contributed by atoms with Crippen molar-refractivity contribution in [3.63, 3.8) is 0 Å². The van der Waals surface area contributed by atoms with Gasteiger partial charge in [-0.15, -0.1) is 11.3 Å². The predicted molar refractivity (Wildman–Crippen MR) is 75.9 cm³/mol. The Bertz CT molecular complexity index is 367. The molecule has 1 saturated heterocycles. The van der Waals surface area contributed by atoms with E-state index in [1.807, 2.05) is 17.5 Å². The fourth-order valence-electron chi connectivity index (χ4n) is 2.41. The van der Waals surface area contributed by atoms with E-state index in [9.17, 15) is 4.79 Å². The van der Waals surface area contributed by atoms with Gasteiger partial charge in [0.05, 0.1) is 6.42 Å². The van der Waals surface area contributed by atoms with E-state index in [1.165, 1.54) is 0 Å². The molecule has 1 aromatic heterocycles. The largest absolute Gasteiger partial charge is 0.353 e. The summed E-state index contributed by atoms with van der Waals surface area (Å²) in [6.45, 7) is 6.66. The van der Waals surface area contributed by atoms with E-state index in [0.29, 0.717) is 18.5 Å². The molecule has 0 bridgehead atoms. The number of hydrogen-bond donors (Lipinski definition) is 1. The third-order valence-corrected chi connectivity index (χ3v) is 4.42. The van der Waals surface area contributed by atoms with Crippen molar-refractivity contribution in [2.75, 3.05) is 13.1 Å². The molecular weight excluding hydrogens is 244 g/mol. The molecule has 2 rings (SSSR count). The maximum absolute atomic E-state index is 11.9. The van der Waals surface area contributed by atoms with Crippen LogP contribution in [0.2, 0.25) is 0 Å². The number of nitrogens with one attached hydrogen (secondary N) is 1. The third-order valence-electron chi connectivity index (χ3n) is 3.54. The zero-order chi connectivity index (χ0) is 13.0. The molecule has 2 heterocycles. The Morgan fingerprint density at radius 2 is 2.22 bits per heavy atom. The fourth-order valence-corrected chi connectivity index (χ4v) is 3.11. The van der Waals surface area contributed by atoms with Crippen molar-refractivity contribution in [2.45, 2.75) is 45.2 Å². The lowest BCUT2D eigenvalue weighted by Gasteiger charge is -2.34. The number of thiophene rings is 1. The van der Waals surface area contributed by atoms with Gasteiger partial charge in [0.1, 0.15) is 0 Å². The van der Waals surface area contributed by atoms with E-state index in [2.05, 4.69) is 24.1 Å². The minimum atomic E-state index is 0.167. The molecule has 1 aromatic rings. The van der Waals surface area contributed by atoms with Crippen LogP contribution in [0.25, 0.3) is 0 Å². The number of piperidine rings is 1. The quantitative estimate of drug-likeness (QED) is 0.907. The molecule has 1 amide bonds. The average molecular weight is 266 g/mol. The zero-order valence-electron chi connectivity index (χ0n) is 11.2. The Kier molecular flexibility index (Phi) is 4.78. The summed E-state index contributed by atoms with van der Waals surface area (Å²) in [6.07, 6.45) is 2.69. The Balaban J connectivity index is 1.73. The summed E-state index contributed by atoms with van der Waals surface area (Å²) in [5.41, 5.74) is 0. The molecule has 0 aliphatic carbocycles. The summed E-state index contributed by atoms with van der Waals surface area (Å²) < 4.78 is 0. The van der Waals surface area contributed by atoms with Gasteiger partial charge in [-0.25, -0.2) is 0 Å². The van der Waals surface area contributed by atoms with E-state index in [4.69, 9.17) is 0 Å². The first-order valence-corrected chi connectivity index (χ1v) is 7.59. The van der Waals surface area contributed by atoms with Crippen molar-refractivity contribution in [3.05, 3.63) is 22.4 Å². The molecule has 0 saturated carbocycles. The molecule has 4 heteroatoms. The van der Waals surface area contributed by atoms with Gasteiger partial charge < -0.3 is 10.2 Å². The van der Waals surface area contributed by atoms with Gasteiger partial charge in [0.15, 0.2) is 0 Å². The standard InChI is InChI=1S/C14H22N2OS/c1-11(2)16-7-5-12(6-8-16)15-14(17)10-13-4-3-9-18-13/h3-4,9,11-12H,5-8,10H2,1-2H3,(H,15,17). The van der Waals surface area contributed by atoms with Gasteiger partial charge in [-0.3, -0.25) is 4.79 Å². The van der Waals surface area contributed by atoms with E-state index in [1.54, 1.807) is 11.3 Å². The molecule has 100 valence electrons. The molecule has 0 aromatic carbocycles. The maximum Gasteiger partial charge on any atom is 0.225 e. The number of nitrogens with zero attached hydrogens (tertiary/aromatic N) is 1. The number of rotatable bonds is 4. The first kappa shape index (κ1) is 13.6. The predicted octanol–water partition coefficient (Wildman–Crippen LogP) is 2.28. The number of hydrogen-bond acceptors (Lipinski definition) is 3. The van der Waals surface area contributed by atoms with Crippen molar-refractivity contribution in [1.82, 2.24) is 10.2 Å². The van der Waals surface area contributed by atoms with Crippen LogP contribution in [0, 0.1) is 0 Å². The van der Waals surface area contributed by atoms with Crippen LogP contribution in [0.1, 0.15) is 31.6 Å². The van der Waals surface area contributed by atoms with Gasteiger partial charge >= 0.3 is 0 Å². The van der Waals surface area contributed by atoms with Gasteiger partial charge in [0.2, 0.25) is 5.91 Å². The minimum Gasteiger partial charge on any atom is -0.353 e. The molecule has 1 aliphatic heterocycles. The van der Waals surface area contributed by atoms with Gasteiger partial charge in [0.25, 0.3) is 0 Å². The Morgan fingerprint density at radius 3 is 2.78 bits per heavy atom. The summed E-state index contributed by atoms with van der Waals surface area (Å²) in [6, 6.07) is 5.00. The molecule has 1 aliphatic rings. The van der Waals surface area contributed by atoms with Gasteiger partial charge in [-0.05, 0) is 38.1 Å². The highest BCUT2D eigenvalue weighted by molar-refractivity contribution is 7.10. The van der Waals surface area contributed by atoms with Crippen LogP contribution in [0.15, 0.2) is 17.5 Å². The topological polar surface area (TPSA) is 32.3 Å². The summed E-state index contributed by atoms with van der Waals surface area (Å²) >= 11 is 1.65. The number of likely N-dealkylation sites (tertiary alicyclic amines) is 1. The summed E-state index contributed by atoms with van der Waals surface area (Å²) in [7, 11) is 0. The molecule has 0 spiro atoms. The van der Waals surface area contributed by atoms with E-state index < -0.39 is 0 Å². The Labute approximate surface area is 113 Å². The maximum atomic E-state index is 11.9. The van der Waals surface area contributed by atoms with Crippen molar-refractivity contribution in [3.8, 4) is 0 Å². The number of carbonyl (C=O) groups excluding carboxylic acids is 1. The van der Waals surface area contributed by atoms with Crippen molar-refractivity contribution in [1.29, 1.82) is 0 Å². The summed E-state index contributed by atoms with van der Waals surface area (Å²) in [5.74, 6) is 0.167. The van der Waals surface area contributed by atoms with Crippen molar-refractivity contribution >= 4 is 17.2 Å². The minimum absolute atomic E-state index is 0.167. The molecule has 0 atom stereocenters. The number of amides is 1. The second-order valence-electron chi connectivity index (χ2n) is 5.23. The second-order valence-corrected chi connectivity index (χ2v) is 6.26. The van der Waals surface area contributed by atoms with Crippen LogP contribution in [0.5, 0.6) is 0 Å². The average Bonchev–Trinajstić information content (AvgIpc) is 2.82. The van der Waals surface area contributed by atoms with E-state index in [-0.39, 0.29) is 5.91 Å². The van der Waals surface area contributed by atoms with Crippen LogP contribution in [0.3, 0.4) is 0 Å². The molecule has 1 N–H and O–H groups in total. The smallest absolute Gasteiger partial charge is 0.225 e. The van der Waals surface area contributed by atoms with Crippen LogP contribution in [-0.4, -0.2) is 36.0 Å². The zero-order valence-corrected chi connectivity index (χ0v) is 12.0. The first-order valence-electron chi connectivity index (χ1n) is 6.71. The van der Waals surface area contributed by atoms with Crippen LogP contribution in [0.4, 0.5) is 0 Å². The molecule has 0 radical (unpaired) electrons. The highest BCUT2D eigenvalue weighted by atomic mass is 32.1. The molecule has 3 nitrogen and oxygen atoms in total. The highest BCUT2D eigenvalue weighted by Gasteiger charge is 2.21. The van der Waals surface area contributed by atoms with E-state index in [0.717, 1.165) is 30.8 Å². The Hall–Kier alpha value is -0.870. The molecule has 18 heavy (non-hydrogen) atoms. The monoisotopic (exact) mass is 266 g/mol. The highest BCUT2D eigenvalue weighted by Crippen LogP contribution is 2.14. The second kappa shape index (κ2) is 6.34. The van der Waals surface area contributed by atoms with Crippen LogP contribution < -0.4 is 5.32 Å². The van der Waals surface area contributed by atoms with Gasteiger partial charge in [-0.1, -0.05) is 6.07 Å². The molecular formula is C14H22N2OS. The fraction of sp³-hybridized carbons (Fsp3) is 0.643. The molecule has 0 unspecified atom stereocenters. The lowest BCUT2D eigenvalue weighted by Crippen LogP contribution is -2.46. The normalized spacial score (nSPS) is 18.2. The van der Waals surface area contributed by atoms with E-state index >= 15 is 0 Å². The summed E-state index contributed by atoms with van der Waals surface area (Å²) in [5, 5.41) is 5.18. The van der Waals surface area contributed by atoms with Gasteiger partial charge in [0, 0.05) is 30.1 Å². The first-order chi connectivity index (χ1) is 8.65. The van der Waals surface area contributed by atoms with Crippen molar-refractivity contribution in [2.24, 2.45) is 0 Å². The third kappa shape index (κ3) is 3.82. The SMILES string of the molecule is CC(C)N1CCC(NC(=O)Cc2cccs2)CC1. The van der Waals surface area contributed by atoms with Crippen molar-refractivity contribution < 1.29 is 4.79 Å². The number of carbonyl (C=O) groups is 1. The lowest BCUT2D eigenvalue weighted by molar-refractivity contribution is -0.121. The van der Waals surface area contributed by atoms with Crippen LogP contribution >= 0.6 is 11.3 Å². The Morgan fingerprint density at radius 1 is 1.50 bits per heavy atom. The molecule has 1 fully saturated rings. The van der Waals surface area contributed by atoms with Crippen LogP contribution in [-0.2, 0) is 11.2 Å². The summed E-state index contributed by atoms with van der Waals surface area (Å²) in [4.78, 5) is 15.5. The van der Waals surface area contributed by atoms with Gasteiger partial charge in [-0.2, -0.15) is 0 Å².